The van der Waals surface area contributed by atoms with Crippen LogP contribution in [-0.2, 0) is 4.79 Å². The van der Waals surface area contributed by atoms with Gasteiger partial charge in [-0.15, -0.1) is 11.8 Å². The number of amides is 2. The molecule has 7 nitrogen and oxygen atoms in total. The average Bonchev–Trinajstić information content (AvgIpc) is 3.00. The first-order valence-corrected chi connectivity index (χ1v) is 9.85. The maximum atomic E-state index is 12.8. The van der Waals surface area contributed by atoms with Gasteiger partial charge in [-0.3, -0.25) is 9.59 Å². The van der Waals surface area contributed by atoms with Crippen LogP contribution in [0.25, 0.3) is 5.82 Å². The molecule has 2 N–H and O–H groups in total. The Kier molecular flexibility index (Phi) is 4.82. The lowest BCUT2D eigenvalue weighted by Gasteiger charge is -2.17. The first kappa shape index (κ1) is 18.5. The molecule has 28 heavy (non-hydrogen) atoms. The number of hydrogen-bond acceptors (Lipinski definition) is 5. The third-order valence-corrected chi connectivity index (χ3v) is 5.52. The van der Waals surface area contributed by atoms with Gasteiger partial charge in [-0.1, -0.05) is 11.6 Å². The minimum absolute atomic E-state index is 0.0664. The number of rotatable bonds is 3. The van der Waals surface area contributed by atoms with Crippen molar-refractivity contribution in [1.29, 1.82) is 0 Å². The van der Waals surface area contributed by atoms with Gasteiger partial charge >= 0.3 is 0 Å². The van der Waals surface area contributed by atoms with Gasteiger partial charge in [0.05, 0.1) is 22.2 Å². The number of anilines is 2. The fraction of sp³-hybridized carbons (Fsp3) is 0.158. The van der Waals surface area contributed by atoms with E-state index < -0.39 is 5.91 Å². The van der Waals surface area contributed by atoms with Crippen LogP contribution < -0.4 is 10.6 Å². The van der Waals surface area contributed by atoms with E-state index in [-0.39, 0.29) is 16.6 Å². The molecule has 3 aromatic rings. The number of carbonyl (C=O) groups excluding carboxylic acids is 2. The topological polar surface area (TPSA) is 88.9 Å². The monoisotopic (exact) mass is 413 g/mol. The van der Waals surface area contributed by atoms with E-state index in [0.717, 1.165) is 16.3 Å². The molecule has 142 valence electrons. The fourth-order valence-electron chi connectivity index (χ4n) is 2.92. The van der Waals surface area contributed by atoms with Crippen molar-refractivity contribution >= 4 is 46.6 Å². The summed E-state index contributed by atoms with van der Waals surface area (Å²) in [4.78, 5) is 29.7. The first-order chi connectivity index (χ1) is 13.4. The standard InChI is InChI=1S/C19H16ClN5O2S/c1-10-7-11(2)25(24-10)16-6-4-13(20)18(23-16)19(27)21-12-3-5-15-14(8-12)22-17(26)9-28-15/h3-8H,9H2,1-2H3,(H,21,27)(H,22,26). The summed E-state index contributed by atoms with van der Waals surface area (Å²) in [5.74, 6) is 0.387. The van der Waals surface area contributed by atoms with Crippen molar-refractivity contribution < 1.29 is 9.59 Å². The Morgan fingerprint density at radius 3 is 2.82 bits per heavy atom. The van der Waals surface area contributed by atoms with Crippen molar-refractivity contribution in [3.63, 3.8) is 0 Å². The van der Waals surface area contributed by atoms with Crippen molar-refractivity contribution in [2.75, 3.05) is 16.4 Å². The Hall–Kier alpha value is -2.84. The Labute approximate surface area is 170 Å². The Morgan fingerprint density at radius 1 is 1.25 bits per heavy atom. The molecular formula is C19H16ClN5O2S. The van der Waals surface area contributed by atoms with Crippen LogP contribution in [0.2, 0.25) is 5.02 Å². The van der Waals surface area contributed by atoms with Gasteiger partial charge in [0.15, 0.2) is 5.82 Å². The first-order valence-electron chi connectivity index (χ1n) is 8.49. The predicted octanol–water partition coefficient (Wildman–Crippen LogP) is 3.83. The number of aryl methyl sites for hydroxylation is 2. The molecule has 2 amide bonds. The van der Waals surface area contributed by atoms with Crippen LogP contribution in [0, 0.1) is 13.8 Å². The molecule has 0 atom stereocenters. The van der Waals surface area contributed by atoms with Gasteiger partial charge < -0.3 is 10.6 Å². The lowest BCUT2D eigenvalue weighted by Crippen LogP contribution is -2.19. The number of pyridine rings is 1. The number of carbonyl (C=O) groups is 2. The lowest BCUT2D eigenvalue weighted by molar-refractivity contribution is -0.113. The molecule has 4 rings (SSSR count). The quantitative estimate of drug-likeness (QED) is 0.681. The highest BCUT2D eigenvalue weighted by molar-refractivity contribution is 8.00. The number of hydrogen-bond donors (Lipinski definition) is 2. The Balaban J connectivity index is 1.62. The van der Waals surface area contributed by atoms with Crippen molar-refractivity contribution in [3.05, 3.63) is 58.5 Å². The van der Waals surface area contributed by atoms with Gasteiger partial charge in [-0.2, -0.15) is 5.10 Å². The molecule has 0 fully saturated rings. The van der Waals surface area contributed by atoms with Crippen LogP contribution >= 0.6 is 23.4 Å². The molecule has 3 heterocycles. The molecule has 9 heteroatoms. The summed E-state index contributed by atoms with van der Waals surface area (Å²) in [5, 5.41) is 10.2. The molecule has 0 aliphatic carbocycles. The number of nitrogens with zero attached hydrogens (tertiary/aromatic N) is 3. The molecule has 2 aromatic heterocycles. The van der Waals surface area contributed by atoms with E-state index >= 15 is 0 Å². The van der Waals surface area contributed by atoms with E-state index in [0.29, 0.717) is 22.9 Å². The summed E-state index contributed by atoms with van der Waals surface area (Å²) >= 11 is 7.67. The van der Waals surface area contributed by atoms with Crippen LogP contribution in [0.15, 0.2) is 41.3 Å². The number of thioether (sulfide) groups is 1. The number of halogens is 1. The van der Waals surface area contributed by atoms with Crippen LogP contribution in [0.3, 0.4) is 0 Å². The van der Waals surface area contributed by atoms with Crippen molar-refractivity contribution in [1.82, 2.24) is 14.8 Å². The van der Waals surface area contributed by atoms with E-state index in [1.807, 2.05) is 26.0 Å². The number of fused-ring (bicyclic) bond motifs is 1. The second-order valence-electron chi connectivity index (χ2n) is 6.34. The molecule has 0 unspecified atom stereocenters. The largest absolute Gasteiger partial charge is 0.324 e. The molecular weight excluding hydrogens is 398 g/mol. The van der Waals surface area contributed by atoms with Crippen LogP contribution in [0.4, 0.5) is 11.4 Å². The minimum Gasteiger partial charge on any atom is -0.324 e. The molecule has 0 spiro atoms. The average molecular weight is 414 g/mol. The second-order valence-corrected chi connectivity index (χ2v) is 7.77. The third-order valence-electron chi connectivity index (χ3n) is 4.14. The lowest BCUT2D eigenvalue weighted by atomic mass is 10.2. The minimum atomic E-state index is -0.442. The van der Waals surface area contributed by atoms with Crippen LogP contribution in [0.5, 0.6) is 0 Å². The smallest absolute Gasteiger partial charge is 0.275 e. The van der Waals surface area contributed by atoms with E-state index in [1.54, 1.807) is 28.9 Å². The predicted molar refractivity (Wildman–Crippen MR) is 110 cm³/mol. The summed E-state index contributed by atoms with van der Waals surface area (Å²) in [6.07, 6.45) is 0. The zero-order valence-electron chi connectivity index (χ0n) is 15.1. The van der Waals surface area contributed by atoms with E-state index in [2.05, 4.69) is 20.7 Å². The van der Waals surface area contributed by atoms with Gasteiger partial charge in [0, 0.05) is 16.3 Å². The SMILES string of the molecule is Cc1cc(C)n(-c2ccc(Cl)c(C(=O)Nc3ccc4c(c3)NC(=O)CS4)n2)n1. The summed E-state index contributed by atoms with van der Waals surface area (Å²) in [7, 11) is 0. The third kappa shape index (κ3) is 3.61. The summed E-state index contributed by atoms with van der Waals surface area (Å²) in [6, 6.07) is 10.6. The van der Waals surface area contributed by atoms with Gasteiger partial charge in [-0.25, -0.2) is 9.67 Å². The van der Waals surface area contributed by atoms with Gasteiger partial charge in [0.25, 0.3) is 5.91 Å². The molecule has 0 radical (unpaired) electrons. The normalized spacial score (nSPS) is 13.0. The highest BCUT2D eigenvalue weighted by Gasteiger charge is 2.18. The molecule has 0 saturated heterocycles. The molecule has 0 bridgehead atoms. The Bertz CT molecular complexity index is 1110. The van der Waals surface area contributed by atoms with Crippen molar-refractivity contribution in [3.8, 4) is 5.82 Å². The fourth-order valence-corrected chi connectivity index (χ4v) is 3.90. The summed E-state index contributed by atoms with van der Waals surface area (Å²) < 4.78 is 1.66. The maximum Gasteiger partial charge on any atom is 0.275 e. The van der Waals surface area contributed by atoms with Gasteiger partial charge in [0.1, 0.15) is 5.69 Å². The molecule has 1 aliphatic rings. The maximum absolute atomic E-state index is 12.8. The molecule has 1 aliphatic heterocycles. The molecule has 1 aromatic carbocycles. The zero-order chi connectivity index (χ0) is 19.8. The van der Waals surface area contributed by atoms with Gasteiger partial charge in [-0.05, 0) is 50.2 Å². The van der Waals surface area contributed by atoms with E-state index in [4.69, 9.17) is 11.6 Å². The summed E-state index contributed by atoms with van der Waals surface area (Å²) in [5.41, 5.74) is 3.08. The summed E-state index contributed by atoms with van der Waals surface area (Å²) in [6.45, 7) is 3.80. The van der Waals surface area contributed by atoms with Crippen LogP contribution in [-0.4, -0.2) is 32.3 Å². The number of benzene rings is 1. The molecule has 0 saturated carbocycles. The van der Waals surface area contributed by atoms with E-state index in [1.165, 1.54) is 11.8 Å². The highest BCUT2D eigenvalue weighted by Crippen LogP contribution is 2.33. The Morgan fingerprint density at radius 2 is 2.07 bits per heavy atom. The van der Waals surface area contributed by atoms with E-state index in [9.17, 15) is 9.59 Å². The van der Waals surface area contributed by atoms with Crippen molar-refractivity contribution in [2.24, 2.45) is 0 Å². The number of aromatic nitrogens is 3. The van der Waals surface area contributed by atoms with Gasteiger partial charge in [0.2, 0.25) is 5.91 Å². The van der Waals surface area contributed by atoms with Crippen molar-refractivity contribution in [2.45, 2.75) is 18.7 Å². The zero-order valence-corrected chi connectivity index (χ0v) is 16.7. The highest BCUT2D eigenvalue weighted by atomic mass is 35.5. The second kappa shape index (κ2) is 7.29. The van der Waals surface area contributed by atoms with Crippen LogP contribution in [0.1, 0.15) is 21.9 Å². The number of nitrogens with one attached hydrogen (secondary N) is 2.